The quantitative estimate of drug-likeness (QED) is 0.365. The summed E-state index contributed by atoms with van der Waals surface area (Å²) < 4.78 is 1.75. The maximum atomic E-state index is 13.9. The molecule has 2 aromatic carbocycles. The van der Waals surface area contributed by atoms with Crippen molar-refractivity contribution in [3.8, 4) is 11.3 Å². The van der Waals surface area contributed by atoms with E-state index >= 15 is 0 Å². The fourth-order valence-electron chi connectivity index (χ4n) is 4.81. The van der Waals surface area contributed by atoms with E-state index in [-0.39, 0.29) is 17.1 Å². The summed E-state index contributed by atoms with van der Waals surface area (Å²) in [6.45, 7) is 11.0. The molecule has 4 unspecified atom stereocenters. The first kappa shape index (κ1) is 22.8. The van der Waals surface area contributed by atoms with Crippen LogP contribution in [-0.4, -0.2) is 20.9 Å². The topological polar surface area (TPSA) is 34.9 Å². The molecule has 4 rings (SSSR count). The van der Waals surface area contributed by atoms with Gasteiger partial charge in [0.25, 0.3) is 5.91 Å². The number of carbonyl (C=O) groups is 1. The summed E-state index contributed by atoms with van der Waals surface area (Å²) in [4.78, 5) is 15.0. The van der Waals surface area contributed by atoms with Gasteiger partial charge < -0.3 is 0 Å². The summed E-state index contributed by atoms with van der Waals surface area (Å²) in [5, 5.41) is 5.19. The van der Waals surface area contributed by atoms with Crippen molar-refractivity contribution in [2.45, 2.75) is 69.4 Å². The molecule has 0 aliphatic heterocycles. The van der Waals surface area contributed by atoms with Crippen molar-refractivity contribution in [1.82, 2.24) is 9.78 Å². The fraction of sp³-hybridized carbons (Fsp3) is 0.429. The Morgan fingerprint density at radius 3 is 2.22 bits per heavy atom. The molecule has 4 heteroatoms. The third kappa shape index (κ3) is 4.43. The van der Waals surface area contributed by atoms with E-state index in [1.807, 2.05) is 43.3 Å². The number of aromatic nitrogens is 2. The maximum absolute atomic E-state index is 13.9. The highest BCUT2D eigenvalue weighted by molar-refractivity contribution is 8.00. The SMILES string of the molecule is CC1CCC(C(C)C)c2nn(C(=O)C(C)C(C)Sc3ccccc3)c(-c3ccccc3)c21. The van der Waals surface area contributed by atoms with Gasteiger partial charge in [0.05, 0.1) is 11.4 Å². The predicted octanol–water partition coefficient (Wildman–Crippen LogP) is 7.64. The van der Waals surface area contributed by atoms with Gasteiger partial charge in [0.15, 0.2) is 0 Å². The van der Waals surface area contributed by atoms with E-state index < -0.39 is 0 Å². The molecule has 0 spiro atoms. The number of hydrogen-bond donors (Lipinski definition) is 0. The minimum Gasteiger partial charge on any atom is -0.272 e. The lowest BCUT2D eigenvalue weighted by molar-refractivity contribution is 0.0830. The van der Waals surface area contributed by atoms with Crippen molar-refractivity contribution in [3.05, 3.63) is 71.9 Å². The molecule has 3 nitrogen and oxygen atoms in total. The lowest BCUT2D eigenvalue weighted by Gasteiger charge is -2.28. The molecule has 1 aliphatic carbocycles. The van der Waals surface area contributed by atoms with Gasteiger partial charge in [0, 0.05) is 33.1 Å². The van der Waals surface area contributed by atoms with E-state index in [1.165, 1.54) is 10.5 Å². The van der Waals surface area contributed by atoms with E-state index in [2.05, 4.69) is 52.0 Å². The minimum atomic E-state index is -0.156. The number of thioether (sulfide) groups is 1. The Kier molecular flexibility index (Phi) is 6.90. The summed E-state index contributed by atoms with van der Waals surface area (Å²) >= 11 is 1.76. The van der Waals surface area contributed by atoms with Crippen LogP contribution >= 0.6 is 11.8 Å². The van der Waals surface area contributed by atoms with Crippen LogP contribution in [0.25, 0.3) is 11.3 Å². The molecule has 168 valence electrons. The zero-order valence-corrected chi connectivity index (χ0v) is 20.6. The summed E-state index contributed by atoms with van der Waals surface area (Å²) in [6, 6.07) is 20.7. The molecule has 4 atom stereocenters. The predicted molar refractivity (Wildman–Crippen MR) is 134 cm³/mol. The van der Waals surface area contributed by atoms with E-state index in [1.54, 1.807) is 16.4 Å². The summed E-state index contributed by atoms with van der Waals surface area (Å²) in [7, 11) is 0. The summed E-state index contributed by atoms with van der Waals surface area (Å²) in [6.07, 6.45) is 2.28. The number of nitrogens with zero attached hydrogens (tertiary/aromatic N) is 2. The number of rotatable bonds is 6. The van der Waals surface area contributed by atoms with Crippen molar-refractivity contribution in [2.24, 2.45) is 11.8 Å². The standard InChI is InChI=1S/C28H34N2OS/c1-18(2)24-17-16-19(3)25-26(24)29-30(27(25)22-12-8-6-9-13-22)28(31)20(4)21(5)32-23-14-10-7-11-15-23/h6-15,18-21,24H,16-17H2,1-5H3. The van der Waals surface area contributed by atoms with Crippen LogP contribution in [0.2, 0.25) is 0 Å². The van der Waals surface area contributed by atoms with E-state index in [4.69, 9.17) is 5.10 Å². The van der Waals surface area contributed by atoms with Gasteiger partial charge in [-0.15, -0.1) is 11.8 Å². The number of benzene rings is 2. The van der Waals surface area contributed by atoms with E-state index in [9.17, 15) is 4.79 Å². The highest BCUT2D eigenvalue weighted by Crippen LogP contribution is 2.46. The van der Waals surface area contributed by atoms with Gasteiger partial charge >= 0.3 is 0 Å². The molecule has 0 bridgehead atoms. The second-order valence-electron chi connectivity index (χ2n) is 9.52. The van der Waals surface area contributed by atoms with Gasteiger partial charge in [-0.25, -0.2) is 0 Å². The molecule has 0 saturated carbocycles. The van der Waals surface area contributed by atoms with Gasteiger partial charge in [-0.05, 0) is 36.8 Å². The average molecular weight is 447 g/mol. The Morgan fingerprint density at radius 2 is 1.59 bits per heavy atom. The molecule has 0 fully saturated rings. The van der Waals surface area contributed by atoms with Gasteiger partial charge in [-0.2, -0.15) is 9.78 Å². The third-order valence-electron chi connectivity index (χ3n) is 6.92. The molecule has 1 aliphatic rings. The third-order valence-corrected chi connectivity index (χ3v) is 8.25. The first-order valence-corrected chi connectivity index (χ1v) is 12.7. The molecule has 0 saturated heterocycles. The van der Waals surface area contributed by atoms with Crippen LogP contribution in [-0.2, 0) is 0 Å². The maximum Gasteiger partial charge on any atom is 0.251 e. The lowest BCUT2D eigenvalue weighted by atomic mass is 9.75. The van der Waals surface area contributed by atoms with Gasteiger partial charge in [-0.3, -0.25) is 4.79 Å². The Bertz CT molecular complexity index is 1060. The first-order chi connectivity index (χ1) is 15.4. The van der Waals surface area contributed by atoms with Gasteiger partial charge in [0.2, 0.25) is 0 Å². The zero-order valence-electron chi connectivity index (χ0n) is 19.8. The summed E-state index contributed by atoms with van der Waals surface area (Å²) in [5.74, 6) is 1.25. The molecule has 0 amide bonds. The molecule has 1 aromatic heterocycles. The van der Waals surface area contributed by atoms with Crippen molar-refractivity contribution in [1.29, 1.82) is 0 Å². The Balaban J connectivity index is 1.76. The largest absolute Gasteiger partial charge is 0.272 e. The Hall–Kier alpha value is -2.33. The Morgan fingerprint density at radius 1 is 0.969 bits per heavy atom. The van der Waals surface area contributed by atoms with Crippen LogP contribution in [0.3, 0.4) is 0 Å². The first-order valence-electron chi connectivity index (χ1n) is 11.8. The smallest absolute Gasteiger partial charge is 0.251 e. The second-order valence-corrected chi connectivity index (χ2v) is 11.0. The lowest BCUT2D eigenvalue weighted by Crippen LogP contribution is -2.28. The molecule has 0 radical (unpaired) electrons. The minimum absolute atomic E-state index is 0.0869. The van der Waals surface area contributed by atoms with Crippen molar-refractivity contribution in [2.75, 3.05) is 0 Å². The molecular weight excluding hydrogens is 412 g/mol. The van der Waals surface area contributed by atoms with Crippen LogP contribution in [0.5, 0.6) is 0 Å². The van der Waals surface area contributed by atoms with Crippen LogP contribution < -0.4 is 0 Å². The van der Waals surface area contributed by atoms with Crippen molar-refractivity contribution >= 4 is 17.7 Å². The fourth-order valence-corrected chi connectivity index (χ4v) is 5.87. The number of carbonyl (C=O) groups excluding carboxylic acids is 1. The monoisotopic (exact) mass is 446 g/mol. The van der Waals surface area contributed by atoms with Crippen molar-refractivity contribution < 1.29 is 4.79 Å². The van der Waals surface area contributed by atoms with Crippen LogP contribution in [0.1, 0.15) is 75.3 Å². The molecular formula is C28H34N2OS. The second kappa shape index (κ2) is 9.66. The molecule has 3 aromatic rings. The highest BCUT2D eigenvalue weighted by Gasteiger charge is 2.36. The zero-order chi connectivity index (χ0) is 22.8. The molecule has 1 heterocycles. The molecule has 0 N–H and O–H groups in total. The average Bonchev–Trinajstić information content (AvgIpc) is 3.20. The van der Waals surface area contributed by atoms with Crippen LogP contribution in [0, 0.1) is 11.8 Å². The van der Waals surface area contributed by atoms with Gasteiger partial charge in [0.1, 0.15) is 0 Å². The van der Waals surface area contributed by atoms with E-state index in [0.717, 1.165) is 29.8 Å². The molecule has 32 heavy (non-hydrogen) atoms. The normalized spacial score (nSPS) is 20.1. The Labute approximate surface area is 196 Å². The van der Waals surface area contributed by atoms with E-state index in [0.29, 0.717) is 17.8 Å². The number of hydrogen-bond acceptors (Lipinski definition) is 3. The summed E-state index contributed by atoms with van der Waals surface area (Å²) in [5.41, 5.74) is 4.51. The van der Waals surface area contributed by atoms with Crippen molar-refractivity contribution in [3.63, 3.8) is 0 Å². The van der Waals surface area contributed by atoms with Crippen LogP contribution in [0.15, 0.2) is 65.6 Å². The van der Waals surface area contributed by atoms with Gasteiger partial charge in [-0.1, -0.05) is 83.1 Å². The van der Waals surface area contributed by atoms with Crippen LogP contribution in [0.4, 0.5) is 0 Å². The highest BCUT2D eigenvalue weighted by atomic mass is 32.2. The number of fused-ring (bicyclic) bond motifs is 1.